The summed E-state index contributed by atoms with van der Waals surface area (Å²) in [5.41, 5.74) is 4.14. The van der Waals surface area contributed by atoms with Gasteiger partial charge < -0.3 is 10.6 Å². The molecule has 0 bridgehead atoms. The summed E-state index contributed by atoms with van der Waals surface area (Å²) in [6.07, 6.45) is 1.64. The zero-order valence-electron chi connectivity index (χ0n) is 16.7. The molecule has 0 saturated heterocycles. The van der Waals surface area contributed by atoms with E-state index >= 15 is 0 Å². The second-order valence-corrected chi connectivity index (χ2v) is 7.56. The van der Waals surface area contributed by atoms with Crippen molar-refractivity contribution >= 4 is 29.0 Å². The molecule has 2 N–H and O–H groups in total. The molecule has 0 radical (unpaired) electrons. The normalized spacial score (nSPS) is 10.6. The Balaban J connectivity index is 1.44. The minimum Gasteiger partial charge on any atom is -0.383 e. The van der Waals surface area contributed by atoms with Crippen LogP contribution in [0.15, 0.2) is 53.9 Å². The molecule has 0 aliphatic carbocycles. The number of hydrogen-bond acceptors (Lipinski definition) is 7. The van der Waals surface area contributed by atoms with Gasteiger partial charge in [0, 0.05) is 36.6 Å². The average Bonchev–Trinajstić information content (AvgIpc) is 3.20. The van der Waals surface area contributed by atoms with Crippen LogP contribution in [0, 0.1) is 24.0 Å². The molecule has 2 aromatic carbocycles. The summed E-state index contributed by atoms with van der Waals surface area (Å²) in [4.78, 5) is 22.3. The van der Waals surface area contributed by atoms with Gasteiger partial charge in [-0.05, 0) is 49.2 Å². The van der Waals surface area contributed by atoms with Crippen molar-refractivity contribution in [1.82, 2.24) is 20.1 Å². The number of nitrogens with zero attached hydrogens (tertiary/aromatic N) is 4. The number of benzene rings is 2. The van der Waals surface area contributed by atoms with E-state index in [2.05, 4.69) is 33.8 Å². The number of hydrogen-bond donors (Lipinski definition) is 2. The van der Waals surface area contributed by atoms with E-state index in [9.17, 15) is 14.9 Å². The Morgan fingerprint density at radius 1 is 1.13 bits per heavy atom. The molecule has 0 atom stereocenters. The number of rotatable bonds is 9. The van der Waals surface area contributed by atoms with Gasteiger partial charge in [0.2, 0.25) is 5.91 Å². The van der Waals surface area contributed by atoms with Crippen molar-refractivity contribution in [3.05, 3.63) is 70.0 Å². The third-order valence-corrected chi connectivity index (χ3v) is 5.41. The average molecular weight is 427 g/mol. The maximum Gasteiger partial charge on any atom is 0.269 e. The second-order valence-electron chi connectivity index (χ2n) is 6.62. The van der Waals surface area contributed by atoms with E-state index in [-0.39, 0.29) is 17.3 Å². The van der Waals surface area contributed by atoms with Crippen LogP contribution < -0.4 is 10.6 Å². The summed E-state index contributed by atoms with van der Waals surface area (Å²) in [6, 6.07) is 12.2. The van der Waals surface area contributed by atoms with E-state index < -0.39 is 4.92 Å². The molecule has 0 unspecified atom stereocenters. The lowest BCUT2D eigenvalue weighted by atomic mass is 10.1. The summed E-state index contributed by atoms with van der Waals surface area (Å²) in [7, 11) is 0. The predicted molar refractivity (Wildman–Crippen MR) is 116 cm³/mol. The van der Waals surface area contributed by atoms with Gasteiger partial charge in [-0.2, -0.15) is 0 Å². The number of thioether (sulfide) groups is 1. The van der Waals surface area contributed by atoms with Gasteiger partial charge in [0.05, 0.1) is 10.7 Å². The first-order chi connectivity index (χ1) is 14.4. The number of amides is 1. The highest BCUT2D eigenvalue weighted by molar-refractivity contribution is 7.99. The maximum atomic E-state index is 12.1. The zero-order chi connectivity index (χ0) is 21.5. The van der Waals surface area contributed by atoms with Gasteiger partial charge in [-0.15, -0.1) is 10.2 Å². The van der Waals surface area contributed by atoms with Crippen LogP contribution in [0.25, 0.3) is 5.69 Å². The molecular weight excluding hydrogens is 404 g/mol. The number of nitro groups is 1. The van der Waals surface area contributed by atoms with Crippen molar-refractivity contribution in [3.8, 4) is 5.69 Å². The number of anilines is 1. The number of aromatic nitrogens is 3. The number of non-ortho nitro benzene ring substituents is 1. The second kappa shape index (κ2) is 9.88. The molecule has 10 heteroatoms. The van der Waals surface area contributed by atoms with E-state index in [0.717, 1.165) is 11.4 Å². The smallest absolute Gasteiger partial charge is 0.269 e. The molecule has 3 aromatic rings. The molecule has 0 saturated carbocycles. The maximum absolute atomic E-state index is 12.1. The fraction of sp³-hybridized carbons (Fsp3) is 0.250. The van der Waals surface area contributed by atoms with Crippen LogP contribution >= 0.6 is 11.8 Å². The third kappa shape index (κ3) is 5.57. The fourth-order valence-electron chi connectivity index (χ4n) is 2.67. The molecule has 3 rings (SSSR count). The Morgan fingerprint density at radius 2 is 1.90 bits per heavy atom. The van der Waals surface area contributed by atoms with Crippen molar-refractivity contribution in [2.24, 2.45) is 0 Å². The van der Waals surface area contributed by atoms with Gasteiger partial charge in [0.25, 0.3) is 5.69 Å². The Labute approximate surface area is 178 Å². The summed E-state index contributed by atoms with van der Waals surface area (Å²) < 4.78 is 1.86. The Hall–Kier alpha value is -3.40. The fourth-order valence-corrected chi connectivity index (χ4v) is 3.43. The Bertz CT molecular complexity index is 1040. The third-order valence-electron chi connectivity index (χ3n) is 4.47. The molecule has 0 aliphatic rings. The summed E-state index contributed by atoms with van der Waals surface area (Å²) in [5.74, 6) is 0.112. The van der Waals surface area contributed by atoms with Crippen molar-refractivity contribution in [2.45, 2.75) is 19.0 Å². The summed E-state index contributed by atoms with van der Waals surface area (Å²) in [6.45, 7) is 5.04. The van der Waals surface area contributed by atoms with E-state index in [1.165, 1.54) is 35.0 Å². The van der Waals surface area contributed by atoms with Crippen molar-refractivity contribution < 1.29 is 9.72 Å². The molecule has 0 spiro atoms. The van der Waals surface area contributed by atoms with Crippen molar-refractivity contribution in [3.63, 3.8) is 0 Å². The van der Waals surface area contributed by atoms with Crippen LogP contribution in [0.5, 0.6) is 0 Å². The van der Waals surface area contributed by atoms with E-state index in [1.807, 2.05) is 23.6 Å². The van der Waals surface area contributed by atoms with Crippen LogP contribution in [-0.4, -0.2) is 44.4 Å². The van der Waals surface area contributed by atoms with Gasteiger partial charge in [0.15, 0.2) is 5.16 Å². The highest BCUT2D eigenvalue weighted by Crippen LogP contribution is 2.21. The lowest BCUT2D eigenvalue weighted by Gasteiger charge is -2.09. The molecule has 1 aromatic heterocycles. The summed E-state index contributed by atoms with van der Waals surface area (Å²) in [5, 5.41) is 25.3. The largest absolute Gasteiger partial charge is 0.383 e. The van der Waals surface area contributed by atoms with Crippen LogP contribution in [0.2, 0.25) is 0 Å². The van der Waals surface area contributed by atoms with E-state index in [4.69, 9.17) is 0 Å². The standard InChI is InChI=1S/C20H22N6O3S/c1-14-3-6-18(11-15(14)2)25-13-23-24-20(25)30-12-19(27)22-10-9-21-16-4-7-17(8-5-16)26(28)29/h3-8,11,13,21H,9-10,12H2,1-2H3,(H,22,27). The zero-order valence-corrected chi connectivity index (χ0v) is 17.5. The predicted octanol–water partition coefficient (Wildman–Crippen LogP) is 3.11. The van der Waals surface area contributed by atoms with Gasteiger partial charge in [-0.3, -0.25) is 19.5 Å². The first-order valence-corrected chi connectivity index (χ1v) is 10.3. The number of nitro benzene ring substituents is 1. The quantitative estimate of drug-likeness (QED) is 0.234. The minimum absolute atomic E-state index is 0.0412. The van der Waals surface area contributed by atoms with Crippen LogP contribution in [-0.2, 0) is 4.79 Å². The van der Waals surface area contributed by atoms with Crippen LogP contribution in [0.1, 0.15) is 11.1 Å². The van der Waals surface area contributed by atoms with Crippen molar-refractivity contribution in [1.29, 1.82) is 0 Å². The van der Waals surface area contributed by atoms with Gasteiger partial charge in [0.1, 0.15) is 6.33 Å². The summed E-state index contributed by atoms with van der Waals surface area (Å²) >= 11 is 1.32. The Morgan fingerprint density at radius 3 is 2.60 bits per heavy atom. The molecule has 1 heterocycles. The van der Waals surface area contributed by atoms with Gasteiger partial charge in [-0.25, -0.2) is 0 Å². The molecule has 1 amide bonds. The first-order valence-electron chi connectivity index (χ1n) is 9.29. The van der Waals surface area contributed by atoms with E-state index in [0.29, 0.717) is 18.2 Å². The first kappa shape index (κ1) is 21.3. The number of aryl methyl sites for hydroxylation is 2. The monoisotopic (exact) mass is 426 g/mol. The lowest BCUT2D eigenvalue weighted by molar-refractivity contribution is -0.384. The minimum atomic E-state index is -0.442. The van der Waals surface area contributed by atoms with Crippen molar-refractivity contribution in [2.75, 3.05) is 24.2 Å². The highest BCUT2D eigenvalue weighted by atomic mass is 32.2. The molecule has 0 fully saturated rings. The molecular formula is C20H22N6O3S. The lowest BCUT2D eigenvalue weighted by Crippen LogP contribution is -2.30. The number of nitrogens with one attached hydrogen (secondary N) is 2. The molecule has 0 aliphatic heterocycles. The van der Waals surface area contributed by atoms with Crippen LogP contribution in [0.3, 0.4) is 0 Å². The van der Waals surface area contributed by atoms with Crippen LogP contribution in [0.4, 0.5) is 11.4 Å². The Kier molecular flexibility index (Phi) is 7.02. The number of carbonyl (C=O) groups is 1. The van der Waals surface area contributed by atoms with Gasteiger partial charge >= 0.3 is 0 Å². The van der Waals surface area contributed by atoms with E-state index in [1.54, 1.807) is 18.5 Å². The topological polar surface area (TPSA) is 115 Å². The SMILES string of the molecule is Cc1ccc(-n2cnnc2SCC(=O)NCCNc2ccc([N+](=O)[O-])cc2)cc1C. The molecule has 156 valence electrons. The highest BCUT2D eigenvalue weighted by Gasteiger charge is 2.11. The van der Waals surface area contributed by atoms with Gasteiger partial charge in [-0.1, -0.05) is 17.8 Å². The molecule has 9 nitrogen and oxygen atoms in total. The number of carbonyl (C=O) groups excluding carboxylic acids is 1. The molecule has 30 heavy (non-hydrogen) atoms.